The van der Waals surface area contributed by atoms with E-state index in [-0.39, 0.29) is 5.95 Å². The minimum atomic E-state index is -0.438. The van der Waals surface area contributed by atoms with Gasteiger partial charge in [-0.25, -0.2) is 4.79 Å². The van der Waals surface area contributed by atoms with Gasteiger partial charge in [-0.2, -0.15) is 10.1 Å². The lowest BCUT2D eigenvalue weighted by atomic mass is 9.98. The quantitative estimate of drug-likeness (QED) is 0.608. The summed E-state index contributed by atoms with van der Waals surface area (Å²) in [6, 6.07) is 13.2. The highest BCUT2D eigenvalue weighted by molar-refractivity contribution is 5.96. The normalized spacial score (nSPS) is 10.6. The summed E-state index contributed by atoms with van der Waals surface area (Å²) in [6.07, 6.45) is 1.56. The van der Waals surface area contributed by atoms with Gasteiger partial charge in [0.25, 0.3) is 0 Å². The fraction of sp³-hybridized carbons (Fsp3) is 0.238. The van der Waals surface area contributed by atoms with Crippen molar-refractivity contribution in [1.82, 2.24) is 15.2 Å². The molecule has 144 valence electrons. The van der Waals surface area contributed by atoms with Gasteiger partial charge >= 0.3 is 5.97 Å². The number of carbonyl (C=O) groups is 1. The first-order valence-electron chi connectivity index (χ1n) is 9.00. The van der Waals surface area contributed by atoms with Crippen LogP contribution < -0.4 is 10.6 Å². The van der Waals surface area contributed by atoms with Crippen molar-refractivity contribution >= 4 is 29.1 Å². The molecule has 1 aromatic heterocycles. The highest BCUT2D eigenvalue weighted by Crippen LogP contribution is 2.29. The van der Waals surface area contributed by atoms with Crippen molar-refractivity contribution in [3.63, 3.8) is 0 Å². The summed E-state index contributed by atoms with van der Waals surface area (Å²) in [5.41, 5.74) is 4.28. The first kappa shape index (κ1) is 19.3. The van der Waals surface area contributed by atoms with Gasteiger partial charge in [-0.3, -0.25) is 0 Å². The second-order valence-corrected chi connectivity index (χ2v) is 6.65. The highest BCUT2D eigenvalue weighted by atomic mass is 16.5. The average molecular weight is 377 g/mol. The molecule has 0 radical (unpaired) electrons. The topological polar surface area (TPSA) is 89.0 Å². The molecule has 0 atom stereocenters. The van der Waals surface area contributed by atoms with Crippen LogP contribution in [-0.2, 0) is 4.74 Å². The second kappa shape index (κ2) is 8.47. The van der Waals surface area contributed by atoms with E-state index in [4.69, 9.17) is 4.74 Å². The fourth-order valence-corrected chi connectivity index (χ4v) is 2.89. The van der Waals surface area contributed by atoms with E-state index in [0.29, 0.717) is 23.0 Å². The summed E-state index contributed by atoms with van der Waals surface area (Å²) in [7, 11) is 1.34. The molecule has 0 aliphatic rings. The van der Waals surface area contributed by atoms with Crippen LogP contribution in [-0.4, -0.2) is 28.3 Å². The molecule has 2 N–H and O–H groups in total. The van der Waals surface area contributed by atoms with Crippen molar-refractivity contribution in [1.29, 1.82) is 0 Å². The van der Waals surface area contributed by atoms with Crippen LogP contribution in [0.5, 0.6) is 0 Å². The van der Waals surface area contributed by atoms with Crippen molar-refractivity contribution in [2.45, 2.75) is 26.7 Å². The molecule has 0 unspecified atom stereocenters. The van der Waals surface area contributed by atoms with Crippen LogP contribution in [0.15, 0.2) is 48.7 Å². The molecule has 0 saturated heterocycles. The van der Waals surface area contributed by atoms with E-state index in [0.717, 1.165) is 11.3 Å². The van der Waals surface area contributed by atoms with Gasteiger partial charge < -0.3 is 15.4 Å². The third-order valence-electron chi connectivity index (χ3n) is 4.32. The molecule has 0 spiro atoms. The number of aryl methyl sites for hydroxylation is 1. The van der Waals surface area contributed by atoms with Crippen LogP contribution in [0.2, 0.25) is 0 Å². The number of aromatic nitrogens is 3. The maximum Gasteiger partial charge on any atom is 0.339 e. The largest absolute Gasteiger partial charge is 0.465 e. The monoisotopic (exact) mass is 377 g/mol. The number of anilines is 4. The molecule has 7 heteroatoms. The van der Waals surface area contributed by atoms with E-state index in [2.05, 4.69) is 58.7 Å². The van der Waals surface area contributed by atoms with E-state index < -0.39 is 5.97 Å². The number of nitrogens with zero attached hydrogens (tertiary/aromatic N) is 3. The number of para-hydroxylation sites is 2. The molecule has 2 aromatic carbocycles. The first-order chi connectivity index (χ1) is 13.5. The van der Waals surface area contributed by atoms with Crippen LogP contribution in [0.4, 0.5) is 23.1 Å². The smallest absolute Gasteiger partial charge is 0.339 e. The number of carbonyl (C=O) groups excluding carboxylic acids is 1. The Labute approximate surface area is 164 Å². The summed E-state index contributed by atoms with van der Waals surface area (Å²) < 4.78 is 4.82. The number of hydrogen-bond donors (Lipinski definition) is 2. The molecule has 0 amide bonds. The lowest BCUT2D eigenvalue weighted by molar-refractivity contribution is 0.0602. The molecular formula is C21H23N5O2. The van der Waals surface area contributed by atoms with E-state index in [9.17, 15) is 4.79 Å². The van der Waals surface area contributed by atoms with Gasteiger partial charge in [0, 0.05) is 5.69 Å². The Morgan fingerprint density at radius 2 is 1.86 bits per heavy atom. The summed E-state index contributed by atoms with van der Waals surface area (Å²) in [5, 5.41) is 14.4. The molecule has 0 saturated carbocycles. The molecule has 7 nitrogen and oxygen atoms in total. The second-order valence-electron chi connectivity index (χ2n) is 6.65. The molecule has 0 aliphatic carbocycles. The fourth-order valence-electron chi connectivity index (χ4n) is 2.89. The number of rotatable bonds is 6. The minimum absolute atomic E-state index is 0.279. The number of methoxy groups -OCH3 is 1. The zero-order valence-corrected chi connectivity index (χ0v) is 16.4. The van der Waals surface area contributed by atoms with Gasteiger partial charge in [-0.05, 0) is 36.1 Å². The Morgan fingerprint density at radius 1 is 1.07 bits per heavy atom. The van der Waals surface area contributed by atoms with Crippen molar-refractivity contribution < 1.29 is 9.53 Å². The molecule has 28 heavy (non-hydrogen) atoms. The molecule has 3 rings (SSSR count). The van der Waals surface area contributed by atoms with Crippen LogP contribution in [0.25, 0.3) is 0 Å². The average Bonchev–Trinajstić information content (AvgIpc) is 2.69. The number of nitrogens with one attached hydrogen (secondary N) is 2. The zero-order valence-electron chi connectivity index (χ0n) is 16.4. The first-order valence-corrected chi connectivity index (χ1v) is 9.00. The van der Waals surface area contributed by atoms with E-state index in [1.165, 1.54) is 12.7 Å². The standard InChI is InChI=1S/C21H23N5O2/c1-13(2)15-10-7-8-14(3)19(15)24-18-12-22-26-21(25-18)23-17-11-6-5-9-16(17)20(27)28-4/h5-13H,1-4H3,(H2,23,24,25,26). The predicted molar refractivity (Wildman–Crippen MR) is 109 cm³/mol. The molecule has 0 fully saturated rings. The summed E-state index contributed by atoms with van der Waals surface area (Å²) in [6.45, 7) is 6.35. The minimum Gasteiger partial charge on any atom is -0.465 e. The molecule has 0 aliphatic heterocycles. The Morgan fingerprint density at radius 3 is 2.61 bits per heavy atom. The highest BCUT2D eigenvalue weighted by Gasteiger charge is 2.13. The number of hydrogen-bond acceptors (Lipinski definition) is 7. The van der Waals surface area contributed by atoms with Gasteiger partial charge in [-0.1, -0.05) is 44.2 Å². The van der Waals surface area contributed by atoms with Gasteiger partial charge in [0.15, 0.2) is 5.82 Å². The van der Waals surface area contributed by atoms with E-state index >= 15 is 0 Å². The van der Waals surface area contributed by atoms with Gasteiger partial charge in [0.05, 0.1) is 24.6 Å². The number of ether oxygens (including phenoxy) is 1. The van der Waals surface area contributed by atoms with Gasteiger partial charge in [0.2, 0.25) is 5.95 Å². The summed E-state index contributed by atoms with van der Waals surface area (Å²) in [5.74, 6) is 0.763. The predicted octanol–water partition coefficient (Wildman–Crippen LogP) is 4.58. The van der Waals surface area contributed by atoms with Crippen LogP contribution in [0.1, 0.15) is 41.3 Å². The van der Waals surface area contributed by atoms with Crippen LogP contribution in [0, 0.1) is 6.92 Å². The molecule has 0 bridgehead atoms. The molecular weight excluding hydrogens is 354 g/mol. The van der Waals surface area contributed by atoms with E-state index in [1.54, 1.807) is 24.4 Å². The lowest BCUT2D eigenvalue weighted by Gasteiger charge is -2.17. The Balaban J connectivity index is 1.88. The van der Waals surface area contributed by atoms with Crippen molar-refractivity contribution in [2.75, 3.05) is 17.7 Å². The zero-order chi connectivity index (χ0) is 20.1. The Bertz CT molecular complexity index is 988. The number of benzene rings is 2. The maximum absolute atomic E-state index is 11.9. The Kier molecular flexibility index (Phi) is 5.84. The van der Waals surface area contributed by atoms with Gasteiger partial charge in [-0.15, -0.1) is 5.10 Å². The van der Waals surface area contributed by atoms with E-state index in [1.807, 2.05) is 12.1 Å². The third kappa shape index (κ3) is 4.25. The lowest BCUT2D eigenvalue weighted by Crippen LogP contribution is -2.08. The van der Waals surface area contributed by atoms with Crippen LogP contribution in [0.3, 0.4) is 0 Å². The third-order valence-corrected chi connectivity index (χ3v) is 4.32. The van der Waals surface area contributed by atoms with Crippen molar-refractivity contribution in [2.24, 2.45) is 0 Å². The number of esters is 1. The summed E-state index contributed by atoms with van der Waals surface area (Å²) >= 11 is 0. The maximum atomic E-state index is 11.9. The van der Waals surface area contributed by atoms with Crippen LogP contribution >= 0.6 is 0 Å². The van der Waals surface area contributed by atoms with Crippen molar-refractivity contribution in [3.05, 3.63) is 65.4 Å². The molecule has 1 heterocycles. The SMILES string of the molecule is COC(=O)c1ccccc1Nc1nncc(Nc2c(C)cccc2C(C)C)n1. The summed E-state index contributed by atoms with van der Waals surface area (Å²) in [4.78, 5) is 16.4. The van der Waals surface area contributed by atoms with Gasteiger partial charge in [0.1, 0.15) is 0 Å². The Hall–Kier alpha value is -3.48. The molecule has 3 aromatic rings. The van der Waals surface area contributed by atoms with Crippen molar-refractivity contribution in [3.8, 4) is 0 Å².